The zero-order valence-corrected chi connectivity index (χ0v) is 16.0. The van der Waals surface area contributed by atoms with E-state index in [4.69, 9.17) is 9.26 Å². The molecule has 1 aromatic carbocycles. The second kappa shape index (κ2) is 8.03. The van der Waals surface area contributed by atoms with E-state index in [-0.39, 0.29) is 18.6 Å². The lowest BCUT2D eigenvalue weighted by Crippen LogP contribution is -2.33. The first-order valence-electron chi connectivity index (χ1n) is 8.84. The van der Waals surface area contributed by atoms with Gasteiger partial charge in [0, 0.05) is 30.9 Å². The number of aryl methyl sites for hydroxylation is 1. The fourth-order valence-corrected chi connectivity index (χ4v) is 2.56. The van der Waals surface area contributed by atoms with E-state index >= 15 is 0 Å². The fraction of sp³-hybridized carbons (Fsp3) is 0.286. The van der Waals surface area contributed by atoms with Gasteiger partial charge in [0.2, 0.25) is 5.88 Å². The molecule has 2 aromatic heterocycles. The van der Waals surface area contributed by atoms with Crippen LogP contribution in [-0.2, 0) is 6.61 Å². The Kier molecular flexibility index (Phi) is 5.54. The maximum Gasteiger partial charge on any atom is 0.255 e. The molecule has 0 saturated heterocycles. The second-order valence-electron chi connectivity index (χ2n) is 6.62. The van der Waals surface area contributed by atoms with Gasteiger partial charge in [-0.25, -0.2) is 4.98 Å². The summed E-state index contributed by atoms with van der Waals surface area (Å²) in [6.45, 7) is 6.07. The zero-order chi connectivity index (χ0) is 19.4. The minimum absolute atomic E-state index is 0.0645. The minimum atomic E-state index is -0.0645. The molecule has 0 radical (unpaired) electrons. The SMILES string of the molecule is Cc1onc(-c2ccccc2)c1COc1ccc(C(=O)N(C)C(C)C)cn1. The van der Waals surface area contributed by atoms with Crippen molar-refractivity contribution in [2.75, 3.05) is 7.05 Å². The van der Waals surface area contributed by atoms with Gasteiger partial charge < -0.3 is 14.2 Å². The maximum atomic E-state index is 12.3. The van der Waals surface area contributed by atoms with Gasteiger partial charge in [-0.1, -0.05) is 35.5 Å². The molecular formula is C21H23N3O3. The molecule has 0 saturated carbocycles. The summed E-state index contributed by atoms with van der Waals surface area (Å²) in [6.07, 6.45) is 1.54. The summed E-state index contributed by atoms with van der Waals surface area (Å²) in [5, 5.41) is 4.15. The number of rotatable bonds is 6. The molecule has 0 N–H and O–H groups in total. The van der Waals surface area contributed by atoms with Crippen LogP contribution in [0.5, 0.6) is 5.88 Å². The number of nitrogens with zero attached hydrogens (tertiary/aromatic N) is 3. The second-order valence-corrected chi connectivity index (χ2v) is 6.62. The van der Waals surface area contributed by atoms with E-state index in [1.807, 2.05) is 51.1 Å². The van der Waals surface area contributed by atoms with Crippen molar-refractivity contribution in [1.29, 1.82) is 0 Å². The van der Waals surface area contributed by atoms with Crippen LogP contribution in [-0.4, -0.2) is 34.0 Å². The molecule has 140 valence electrons. The van der Waals surface area contributed by atoms with Crippen molar-refractivity contribution in [3.8, 4) is 17.1 Å². The Morgan fingerprint density at radius 3 is 2.56 bits per heavy atom. The quantitative estimate of drug-likeness (QED) is 0.658. The van der Waals surface area contributed by atoms with Crippen LogP contribution in [0.1, 0.15) is 35.5 Å². The zero-order valence-electron chi connectivity index (χ0n) is 16.0. The van der Waals surface area contributed by atoms with Crippen molar-refractivity contribution in [3.63, 3.8) is 0 Å². The summed E-state index contributed by atoms with van der Waals surface area (Å²) < 4.78 is 11.1. The van der Waals surface area contributed by atoms with Crippen LogP contribution in [0.3, 0.4) is 0 Å². The Bertz CT molecular complexity index is 902. The fourth-order valence-electron chi connectivity index (χ4n) is 2.56. The highest BCUT2D eigenvalue weighted by atomic mass is 16.5. The lowest BCUT2D eigenvalue weighted by molar-refractivity contribution is 0.0754. The third kappa shape index (κ3) is 4.16. The van der Waals surface area contributed by atoms with Crippen LogP contribution in [0.2, 0.25) is 0 Å². The number of carbonyl (C=O) groups is 1. The van der Waals surface area contributed by atoms with Gasteiger partial charge in [-0.3, -0.25) is 4.79 Å². The number of aromatic nitrogens is 2. The van der Waals surface area contributed by atoms with Gasteiger partial charge in [-0.05, 0) is 26.8 Å². The van der Waals surface area contributed by atoms with Crippen LogP contribution in [0.4, 0.5) is 0 Å². The summed E-state index contributed by atoms with van der Waals surface area (Å²) in [5.41, 5.74) is 3.14. The van der Waals surface area contributed by atoms with Crippen LogP contribution >= 0.6 is 0 Å². The topological polar surface area (TPSA) is 68.5 Å². The van der Waals surface area contributed by atoms with Crippen LogP contribution in [0, 0.1) is 6.92 Å². The first-order chi connectivity index (χ1) is 13.0. The Hall–Kier alpha value is -3.15. The molecule has 0 spiro atoms. The molecule has 0 aliphatic heterocycles. The summed E-state index contributed by atoms with van der Waals surface area (Å²) in [4.78, 5) is 18.2. The maximum absolute atomic E-state index is 12.3. The molecule has 3 aromatic rings. The Labute approximate surface area is 158 Å². The molecule has 6 heteroatoms. The molecule has 1 amide bonds. The number of hydrogen-bond acceptors (Lipinski definition) is 5. The highest BCUT2D eigenvalue weighted by Crippen LogP contribution is 2.26. The first kappa shape index (κ1) is 18.6. The molecule has 3 rings (SSSR count). The predicted molar refractivity (Wildman–Crippen MR) is 102 cm³/mol. The van der Waals surface area contributed by atoms with Crippen molar-refractivity contribution in [1.82, 2.24) is 15.0 Å². The lowest BCUT2D eigenvalue weighted by atomic mass is 10.1. The molecule has 2 heterocycles. The molecule has 0 atom stereocenters. The summed E-state index contributed by atoms with van der Waals surface area (Å²) in [6, 6.07) is 13.4. The summed E-state index contributed by atoms with van der Waals surface area (Å²) in [7, 11) is 1.78. The van der Waals surface area contributed by atoms with Crippen LogP contribution in [0.15, 0.2) is 53.2 Å². The average molecular weight is 365 g/mol. The van der Waals surface area contributed by atoms with Crippen LogP contribution < -0.4 is 4.74 Å². The molecular weight excluding hydrogens is 342 g/mol. The first-order valence-corrected chi connectivity index (χ1v) is 8.84. The molecule has 6 nitrogen and oxygen atoms in total. The molecule has 0 bridgehead atoms. The monoisotopic (exact) mass is 365 g/mol. The van der Waals surface area contributed by atoms with Gasteiger partial charge in [0.05, 0.1) is 11.1 Å². The number of pyridine rings is 1. The lowest BCUT2D eigenvalue weighted by Gasteiger charge is -2.21. The number of carbonyl (C=O) groups excluding carboxylic acids is 1. The van der Waals surface area contributed by atoms with Gasteiger partial charge in [0.15, 0.2) is 0 Å². The van der Waals surface area contributed by atoms with Crippen molar-refractivity contribution in [2.24, 2.45) is 0 Å². The van der Waals surface area contributed by atoms with Gasteiger partial charge in [0.1, 0.15) is 18.1 Å². The van der Waals surface area contributed by atoms with Crippen LogP contribution in [0.25, 0.3) is 11.3 Å². The Balaban J connectivity index is 1.71. The van der Waals surface area contributed by atoms with E-state index in [0.717, 1.165) is 16.8 Å². The summed E-state index contributed by atoms with van der Waals surface area (Å²) in [5.74, 6) is 1.09. The van der Waals surface area contributed by atoms with E-state index in [9.17, 15) is 4.79 Å². The highest BCUT2D eigenvalue weighted by Gasteiger charge is 2.17. The Morgan fingerprint density at radius 2 is 1.93 bits per heavy atom. The normalized spacial score (nSPS) is 10.9. The van der Waals surface area contributed by atoms with Crippen molar-refractivity contribution in [2.45, 2.75) is 33.4 Å². The number of benzene rings is 1. The smallest absolute Gasteiger partial charge is 0.255 e. The Morgan fingerprint density at radius 1 is 1.19 bits per heavy atom. The third-order valence-electron chi connectivity index (χ3n) is 4.47. The number of hydrogen-bond donors (Lipinski definition) is 0. The third-order valence-corrected chi connectivity index (χ3v) is 4.47. The van der Waals surface area contributed by atoms with Crippen molar-refractivity contribution < 1.29 is 14.1 Å². The summed E-state index contributed by atoms with van der Waals surface area (Å²) >= 11 is 0. The van der Waals surface area contributed by atoms with E-state index in [1.165, 1.54) is 6.20 Å². The van der Waals surface area contributed by atoms with Gasteiger partial charge in [-0.2, -0.15) is 0 Å². The van der Waals surface area contributed by atoms with E-state index in [2.05, 4.69) is 10.1 Å². The van der Waals surface area contributed by atoms with Crippen molar-refractivity contribution in [3.05, 3.63) is 65.5 Å². The number of amides is 1. The highest BCUT2D eigenvalue weighted by molar-refractivity contribution is 5.93. The minimum Gasteiger partial charge on any atom is -0.473 e. The molecule has 0 unspecified atom stereocenters. The standard InChI is InChI=1S/C21H23N3O3/c1-14(2)24(4)21(25)17-10-11-19(22-12-17)26-13-18-15(3)27-23-20(18)16-8-6-5-7-9-16/h5-12,14H,13H2,1-4H3. The van der Waals surface area contributed by atoms with Gasteiger partial charge in [0.25, 0.3) is 5.91 Å². The molecule has 0 fully saturated rings. The van der Waals surface area contributed by atoms with E-state index in [1.54, 1.807) is 24.1 Å². The van der Waals surface area contributed by atoms with Gasteiger partial charge in [-0.15, -0.1) is 0 Å². The van der Waals surface area contributed by atoms with Crippen molar-refractivity contribution >= 4 is 5.91 Å². The van der Waals surface area contributed by atoms with Gasteiger partial charge >= 0.3 is 0 Å². The molecule has 0 aliphatic rings. The molecule has 0 aliphatic carbocycles. The molecule has 27 heavy (non-hydrogen) atoms. The average Bonchev–Trinajstić information content (AvgIpc) is 3.06. The largest absolute Gasteiger partial charge is 0.473 e. The predicted octanol–water partition coefficient (Wildman–Crippen LogP) is 4.10. The number of ether oxygens (including phenoxy) is 1. The van der Waals surface area contributed by atoms with E-state index < -0.39 is 0 Å². The van der Waals surface area contributed by atoms with E-state index in [0.29, 0.717) is 17.2 Å².